The van der Waals surface area contributed by atoms with Crippen molar-refractivity contribution in [1.82, 2.24) is 9.97 Å². The maximum Gasteiger partial charge on any atom is 0.269 e. The maximum atomic E-state index is 11.4. The van der Waals surface area contributed by atoms with Gasteiger partial charge in [0.1, 0.15) is 10.3 Å². The lowest BCUT2D eigenvalue weighted by Gasteiger charge is -2.02. The Balaban J connectivity index is 2.13. The number of rotatable bonds is 3. The zero-order chi connectivity index (χ0) is 12.3. The van der Waals surface area contributed by atoms with Crippen molar-refractivity contribution in [3.8, 4) is 5.88 Å². The van der Waals surface area contributed by atoms with E-state index in [9.17, 15) is 9.90 Å². The first-order valence-electron chi connectivity index (χ1n) is 5.18. The number of aromatic nitrogens is 2. The molecule has 1 heterocycles. The summed E-state index contributed by atoms with van der Waals surface area (Å²) in [6.07, 6.45) is 1.35. The zero-order valence-electron chi connectivity index (χ0n) is 8.98. The first kappa shape index (κ1) is 11.9. The van der Waals surface area contributed by atoms with Gasteiger partial charge in [0.15, 0.2) is 0 Å². The van der Waals surface area contributed by atoms with Crippen LogP contribution in [0.3, 0.4) is 0 Å². The molecule has 0 amide bonds. The van der Waals surface area contributed by atoms with Gasteiger partial charge in [0.05, 0.1) is 0 Å². The van der Waals surface area contributed by atoms with Crippen molar-refractivity contribution in [1.29, 1.82) is 0 Å². The van der Waals surface area contributed by atoms with Gasteiger partial charge in [-0.1, -0.05) is 30.3 Å². The van der Waals surface area contributed by atoms with Gasteiger partial charge in [-0.25, -0.2) is 0 Å². The molecule has 0 aliphatic carbocycles. The Morgan fingerprint density at radius 2 is 1.94 bits per heavy atom. The molecule has 0 fully saturated rings. The summed E-state index contributed by atoms with van der Waals surface area (Å²) in [5.41, 5.74) is 0.804. The number of aromatic amines is 1. The van der Waals surface area contributed by atoms with Crippen LogP contribution in [0.25, 0.3) is 0 Å². The number of nitrogens with zero attached hydrogens (tertiary/aromatic N) is 1. The average Bonchev–Trinajstić information content (AvgIpc) is 2.34. The van der Waals surface area contributed by atoms with Gasteiger partial charge in [-0.2, -0.15) is 4.98 Å². The lowest BCUT2D eigenvalue weighted by molar-refractivity contribution is 0.443. The van der Waals surface area contributed by atoms with Crippen LogP contribution in [0.15, 0.2) is 39.6 Å². The number of hydrogen-bond acceptors (Lipinski definition) is 3. The van der Waals surface area contributed by atoms with E-state index in [1.165, 1.54) is 0 Å². The third-order valence-electron chi connectivity index (χ3n) is 2.39. The SMILES string of the molecule is O=c1[nH]c(CCc2ccccc2)nc(O)c1Br. The van der Waals surface area contributed by atoms with Crippen LogP contribution in [-0.4, -0.2) is 15.1 Å². The molecule has 0 aliphatic heterocycles. The van der Waals surface area contributed by atoms with Gasteiger partial charge in [-0.3, -0.25) is 4.79 Å². The smallest absolute Gasteiger partial charge is 0.269 e. The van der Waals surface area contributed by atoms with E-state index in [0.29, 0.717) is 12.2 Å². The van der Waals surface area contributed by atoms with Gasteiger partial charge < -0.3 is 10.1 Å². The molecular formula is C12H11BrN2O2. The van der Waals surface area contributed by atoms with Crippen LogP contribution in [-0.2, 0) is 12.8 Å². The number of halogens is 1. The second-order valence-electron chi connectivity index (χ2n) is 3.64. The molecule has 0 spiro atoms. The predicted octanol–water partition coefficient (Wildman–Crippen LogP) is 2.02. The molecule has 1 aromatic carbocycles. The molecule has 0 saturated carbocycles. The quantitative estimate of drug-likeness (QED) is 0.910. The fourth-order valence-electron chi connectivity index (χ4n) is 1.52. The van der Waals surface area contributed by atoms with Crippen LogP contribution >= 0.6 is 15.9 Å². The van der Waals surface area contributed by atoms with Crippen molar-refractivity contribution in [2.24, 2.45) is 0 Å². The van der Waals surface area contributed by atoms with Crippen LogP contribution in [0.1, 0.15) is 11.4 Å². The fourth-order valence-corrected chi connectivity index (χ4v) is 1.71. The molecule has 0 atom stereocenters. The molecule has 0 radical (unpaired) electrons. The normalized spacial score (nSPS) is 10.4. The highest BCUT2D eigenvalue weighted by atomic mass is 79.9. The predicted molar refractivity (Wildman–Crippen MR) is 68.1 cm³/mol. The summed E-state index contributed by atoms with van der Waals surface area (Å²) in [4.78, 5) is 17.9. The molecule has 1 aromatic heterocycles. The Morgan fingerprint density at radius 3 is 2.59 bits per heavy atom. The van der Waals surface area contributed by atoms with Crippen molar-refractivity contribution in [3.05, 3.63) is 56.5 Å². The molecule has 17 heavy (non-hydrogen) atoms. The van der Waals surface area contributed by atoms with Crippen LogP contribution in [0.2, 0.25) is 0 Å². The lowest BCUT2D eigenvalue weighted by atomic mass is 10.1. The molecule has 0 bridgehead atoms. The van der Waals surface area contributed by atoms with E-state index in [1.54, 1.807) is 0 Å². The molecule has 5 heteroatoms. The summed E-state index contributed by atoms with van der Waals surface area (Å²) >= 11 is 2.95. The highest BCUT2D eigenvalue weighted by Crippen LogP contribution is 2.15. The second-order valence-corrected chi connectivity index (χ2v) is 4.43. The van der Waals surface area contributed by atoms with Gasteiger partial charge in [0.2, 0.25) is 5.88 Å². The monoisotopic (exact) mass is 294 g/mol. The molecule has 0 unspecified atom stereocenters. The number of benzene rings is 1. The average molecular weight is 295 g/mol. The first-order valence-corrected chi connectivity index (χ1v) is 5.97. The maximum absolute atomic E-state index is 11.4. The van der Waals surface area contributed by atoms with E-state index in [1.807, 2.05) is 30.3 Å². The second kappa shape index (κ2) is 5.14. The number of aromatic hydroxyl groups is 1. The van der Waals surface area contributed by atoms with E-state index in [4.69, 9.17) is 0 Å². The molecular weight excluding hydrogens is 284 g/mol. The number of nitrogens with one attached hydrogen (secondary N) is 1. The fraction of sp³-hybridized carbons (Fsp3) is 0.167. The Morgan fingerprint density at radius 1 is 1.24 bits per heavy atom. The summed E-state index contributed by atoms with van der Waals surface area (Å²) in [5, 5.41) is 9.40. The molecule has 0 saturated heterocycles. The van der Waals surface area contributed by atoms with Gasteiger partial charge in [0, 0.05) is 6.42 Å². The number of aryl methyl sites for hydroxylation is 2. The Labute approximate surface area is 106 Å². The van der Waals surface area contributed by atoms with Crippen LogP contribution in [0, 0.1) is 0 Å². The molecule has 2 aromatic rings. The number of hydrogen-bond donors (Lipinski definition) is 2. The molecule has 2 rings (SSSR count). The van der Waals surface area contributed by atoms with E-state index in [-0.39, 0.29) is 15.9 Å². The van der Waals surface area contributed by atoms with Gasteiger partial charge >= 0.3 is 0 Å². The highest BCUT2D eigenvalue weighted by molar-refractivity contribution is 9.10. The van der Waals surface area contributed by atoms with Gasteiger partial charge in [-0.05, 0) is 27.9 Å². The summed E-state index contributed by atoms with van der Waals surface area (Å²) in [6.45, 7) is 0. The standard InChI is InChI=1S/C12H11BrN2O2/c13-10-11(16)14-9(15-12(10)17)7-6-8-4-2-1-3-5-8/h1-5H,6-7H2,(H2,14,15,16,17). The summed E-state index contributed by atoms with van der Waals surface area (Å²) in [7, 11) is 0. The topological polar surface area (TPSA) is 66.0 Å². The van der Waals surface area contributed by atoms with Crippen molar-refractivity contribution >= 4 is 15.9 Å². The van der Waals surface area contributed by atoms with Crippen molar-refractivity contribution in [2.45, 2.75) is 12.8 Å². The minimum Gasteiger partial charge on any atom is -0.492 e. The van der Waals surface area contributed by atoms with Crippen LogP contribution in [0.5, 0.6) is 5.88 Å². The Hall–Kier alpha value is -1.62. The largest absolute Gasteiger partial charge is 0.492 e. The lowest BCUT2D eigenvalue weighted by Crippen LogP contribution is -2.12. The Bertz CT molecular complexity index is 566. The van der Waals surface area contributed by atoms with Crippen molar-refractivity contribution < 1.29 is 5.11 Å². The minimum atomic E-state index is -0.361. The van der Waals surface area contributed by atoms with E-state index < -0.39 is 0 Å². The Kier molecular flexibility index (Phi) is 3.58. The summed E-state index contributed by atoms with van der Waals surface area (Å²) in [5.74, 6) is 0.219. The molecule has 2 N–H and O–H groups in total. The van der Waals surface area contributed by atoms with Crippen LogP contribution in [0.4, 0.5) is 0 Å². The molecule has 0 aliphatic rings. The van der Waals surface area contributed by atoms with E-state index >= 15 is 0 Å². The highest BCUT2D eigenvalue weighted by Gasteiger charge is 2.07. The summed E-state index contributed by atoms with van der Waals surface area (Å²) in [6, 6.07) is 9.90. The first-order chi connectivity index (χ1) is 8.16. The zero-order valence-corrected chi connectivity index (χ0v) is 10.6. The third-order valence-corrected chi connectivity index (χ3v) is 3.10. The van der Waals surface area contributed by atoms with Gasteiger partial charge in [0.25, 0.3) is 5.56 Å². The van der Waals surface area contributed by atoms with E-state index in [0.717, 1.165) is 12.0 Å². The summed E-state index contributed by atoms with van der Waals surface area (Å²) < 4.78 is 0.0703. The number of H-pyrrole nitrogens is 1. The third kappa shape index (κ3) is 2.94. The van der Waals surface area contributed by atoms with E-state index in [2.05, 4.69) is 25.9 Å². The van der Waals surface area contributed by atoms with Gasteiger partial charge in [-0.15, -0.1) is 0 Å². The van der Waals surface area contributed by atoms with Crippen molar-refractivity contribution in [3.63, 3.8) is 0 Å². The van der Waals surface area contributed by atoms with Crippen molar-refractivity contribution in [2.75, 3.05) is 0 Å². The van der Waals surface area contributed by atoms with Crippen LogP contribution < -0.4 is 5.56 Å². The minimum absolute atomic E-state index is 0.0703. The molecule has 4 nitrogen and oxygen atoms in total. The molecule has 88 valence electrons.